The van der Waals surface area contributed by atoms with E-state index in [-0.39, 0.29) is 0 Å². The van der Waals surface area contributed by atoms with Crippen molar-refractivity contribution in [2.75, 3.05) is 33.2 Å². The minimum Gasteiger partial charge on any atom is -0.317 e. The Balaban J connectivity index is 0.000000441. The average Bonchev–Trinajstić information content (AvgIpc) is 2.40. The lowest BCUT2D eigenvalue weighted by Crippen LogP contribution is -2.36. The van der Waals surface area contributed by atoms with E-state index in [0.717, 1.165) is 12.5 Å². The lowest BCUT2D eigenvalue weighted by atomic mass is 9.71. The highest BCUT2D eigenvalue weighted by molar-refractivity contribution is 4.82. The number of unbranched alkanes of at least 4 members (excludes halogenated alkanes) is 1. The maximum atomic E-state index is 3.25. The largest absolute Gasteiger partial charge is 0.317 e. The van der Waals surface area contributed by atoms with Crippen molar-refractivity contribution in [2.45, 2.75) is 73.1 Å². The second kappa shape index (κ2) is 11.6. The van der Waals surface area contributed by atoms with Gasteiger partial charge < -0.3 is 10.2 Å². The molecular weight excluding hydrogens is 244 g/mol. The first-order valence-corrected chi connectivity index (χ1v) is 8.87. The zero-order valence-electron chi connectivity index (χ0n) is 15.1. The van der Waals surface area contributed by atoms with Crippen molar-refractivity contribution in [1.29, 1.82) is 0 Å². The fraction of sp³-hybridized carbons (Fsp3) is 1.00. The molecule has 122 valence electrons. The number of nitrogens with zero attached hydrogens (tertiary/aromatic N) is 1. The molecule has 1 fully saturated rings. The van der Waals surface area contributed by atoms with Crippen molar-refractivity contribution in [3.63, 3.8) is 0 Å². The van der Waals surface area contributed by atoms with Gasteiger partial charge in [-0.2, -0.15) is 0 Å². The Labute approximate surface area is 128 Å². The van der Waals surface area contributed by atoms with Crippen LogP contribution in [0.2, 0.25) is 0 Å². The second-order valence-corrected chi connectivity index (χ2v) is 7.02. The highest BCUT2D eigenvalue weighted by Gasteiger charge is 2.30. The number of nitrogens with one attached hydrogen (secondary N) is 1. The number of rotatable bonds is 7. The first-order valence-electron chi connectivity index (χ1n) is 8.87. The van der Waals surface area contributed by atoms with Gasteiger partial charge in [-0.15, -0.1) is 0 Å². The molecule has 1 aliphatic heterocycles. The predicted octanol–water partition coefficient (Wildman–Crippen LogP) is 4.55. The maximum Gasteiger partial charge on any atom is -0.00189 e. The molecule has 1 heterocycles. The second-order valence-electron chi connectivity index (χ2n) is 7.02. The van der Waals surface area contributed by atoms with Crippen LogP contribution in [0.25, 0.3) is 0 Å². The van der Waals surface area contributed by atoms with Gasteiger partial charge in [0.05, 0.1) is 0 Å². The molecule has 2 nitrogen and oxygen atoms in total. The Morgan fingerprint density at radius 1 is 1.05 bits per heavy atom. The Kier molecular flexibility index (Phi) is 11.5. The quantitative estimate of drug-likeness (QED) is 0.690. The van der Waals surface area contributed by atoms with Gasteiger partial charge in [0.25, 0.3) is 0 Å². The molecule has 0 aromatic rings. The molecule has 0 spiro atoms. The molecule has 1 rings (SSSR count). The van der Waals surface area contributed by atoms with Crippen LogP contribution in [0.15, 0.2) is 0 Å². The third kappa shape index (κ3) is 8.97. The molecule has 2 heteroatoms. The molecule has 0 radical (unpaired) electrons. The van der Waals surface area contributed by atoms with Crippen LogP contribution in [-0.2, 0) is 0 Å². The van der Waals surface area contributed by atoms with Crippen LogP contribution < -0.4 is 5.32 Å². The number of hydrogen-bond acceptors (Lipinski definition) is 2. The molecule has 0 aromatic heterocycles. The molecule has 1 aliphatic rings. The Morgan fingerprint density at radius 3 is 2.10 bits per heavy atom. The van der Waals surface area contributed by atoms with Crippen LogP contribution in [0.1, 0.15) is 73.1 Å². The molecule has 1 saturated heterocycles. The van der Waals surface area contributed by atoms with E-state index in [1.807, 2.05) is 0 Å². The van der Waals surface area contributed by atoms with E-state index in [9.17, 15) is 0 Å². The van der Waals surface area contributed by atoms with Crippen molar-refractivity contribution < 1.29 is 0 Å². The standard InChI is InChI=1S/C12H25N.C6H15N/c1-5-8-12(2,3)11-6-9-13(4)10-7-11;1-3-5-6-7-4-2/h11H,5-10H2,1-4H3;7H,3-6H2,1-2H3. The molecule has 0 bridgehead atoms. The van der Waals surface area contributed by atoms with Crippen LogP contribution in [0.5, 0.6) is 0 Å². The number of piperidine rings is 1. The summed E-state index contributed by atoms with van der Waals surface area (Å²) in [6.07, 6.45) is 8.15. The molecule has 0 aromatic carbocycles. The Morgan fingerprint density at radius 2 is 1.65 bits per heavy atom. The van der Waals surface area contributed by atoms with E-state index in [0.29, 0.717) is 5.41 Å². The van der Waals surface area contributed by atoms with E-state index in [1.165, 1.54) is 58.2 Å². The summed E-state index contributed by atoms with van der Waals surface area (Å²) in [5.41, 5.74) is 0.579. The molecule has 1 N–H and O–H groups in total. The highest BCUT2D eigenvalue weighted by atomic mass is 15.1. The molecule has 0 aliphatic carbocycles. The lowest BCUT2D eigenvalue weighted by molar-refractivity contribution is 0.106. The predicted molar refractivity (Wildman–Crippen MR) is 92.4 cm³/mol. The monoisotopic (exact) mass is 284 g/mol. The lowest BCUT2D eigenvalue weighted by Gasteiger charge is -2.39. The Bertz CT molecular complexity index is 201. The zero-order valence-corrected chi connectivity index (χ0v) is 15.1. The summed E-state index contributed by atoms with van der Waals surface area (Å²) >= 11 is 0. The molecule has 20 heavy (non-hydrogen) atoms. The normalized spacial score (nSPS) is 17.7. The van der Waals surface area contributed by atoms with Gasteiger partial charge in [0, 0.05) is 0 Å². The van der Waals surface area contributed by atoms with E-state index in [2.05, 4.69) is 51.9 Å². The van der Waals surface area contributed by atoms with Crippen molar-refractivity contribution in [2.24, 2.45) is 11.3 Å². The van der Waals surface area contributed by atoms with Gasteiger partial charge >= 0.3 is 0 Å². The average molecular weight is 285 g/mol. The minimum absolute atomic E-state index is 0.579. The van der Waals surface area contributed by atoms with Gasteiger partial charge in [0.15, 0.2) is 0 Å². The van der Waals surface area contributed by atoms with E-state index in [4.69, 9.17) is 0 Å². The Hall–Kier alpha value is -0.0800. The topological polar surface area (TPSA) is 15.3 Å². The molecule has 0 atom stereocenters. The fourth-order valence-electron chi connectivity index (χ4n) is 3.12. The highest BCUT2D eigenvalue weighted by Crippen LogP contribution is 2.38. The van der Waals surface area contributed by atoms with Gasteiger partial charge in [0.1, 0.15) is 0 Å². The summed E-state index contributed by atoms with van der Waals surface area (Å²) in [6, 6.07) is 0. The van der Waals surface area contributed by atoms with E-state index in [1.54, 1.807) is 0 Å². The zero-order chi connectivity index (χ0) is 15.4. The first-order chi connectivity index (χ1) is 9.47. The SMILES string of the molecule is CCCC(C)(C)C1CCN(C)CC1.CCCCNCC. The van der Waals surface area contributed by atoms with E-state index < -0.39 is 0 Å². The number of likely N-dealkylation sites (tertiary alicyclic amines) is 1. The van der Waals surface area contributed by atoms with Gasteiger partial charge in [-0.25, -0.2) is 0 Å². The summed E-state index contributed by atoms with van der Waals surface area (Å²) < 4.78 is 0. The number of hydrogen-bond donors (Lipinski definition) is 1. The summed E-state index contributed by atoms with van der Waals surface area (Å²) in [6.45, 7) is 16.4. The van der Waals surface area contributed by atoms with Crippen LogP contribution in [0.3, 0.4) is 0 Å². The van der Waals surface area contributed by atoms with Gasteiger partial charge in [0.2, 0.25) is 0 Å². The third-order valence-corrected chi connectivity index (χ3v) is 4.68. The summed E-state index contributed by atoms with van der Waals surface area (Å²) in [4.78, 5) is 2.46. The first kappa shape index (κ1) is 19.9. The maximum absolute atomic E-state index is 3.25. The van der Waals surface area contributed by atoms with Gasteiger partial charge in [-0.1, -0.05) is 47.5 Å². The van der Waals surface area contributed by atoms with Crippen LogP contribution in [-0.4, -0.2) is 38.1 Å². The van der Waals surface area contributed by atoms with Crippen molar-refractivity contribution >= 4 is 0 Å². The van der Waals surface area contributed by atoms with Crippen LogP contribution in [0.4, 0.5) is 0 Å². The summed E-state index contributed by atoms with van der Waals surface area (Å²) in [5.74, 6) is 0.962. The van der Waals surface area contributed by atoms with Crippen molar-refractivity contribution in [3.05, 3.63) is 0 Å². The van der Waals surface area contributed by atoms with Crippen LogP contribution in [0, 0.1) is 11.3 Å². The van der Waals surface area contributed by atoms with Gasteiger partial charge in [-0.3, -0.25) is 0 Å². The summed E-state index contributed by atoms with van der Waals surface area (Å²) in [7, 11) is 2.24. The summed E-state index contributed by atoms with van der Waals surface area (Å²) in [5, 5.41) is 3.25. The molecule has 0 amide bonds. The third-order valence-electron chi connectivity index (χ3n) is 4.68. The van der Waals surface area contributed by atoms with Crippen molar-refractivity contribution in [3.8, 4) is 0 Å². The molecule has 0 unspecified atom stereocenters. The fourth-order valence-corrected chi connectivity index (χ4v) is 3.12. The minimum atomic E-state index is 0.579. The smallest absolute Gasteiger partial charge is 0.00189 e. The molecular formula is C18H40N2. The van der Waals surface area contributed by atoms with E-state index >= 15 is 0 Å². The van der Waals surface area contributed by atoms with Crippen molar-refractivity contribution in [1.82, 2.24) is 10.2 Å². The molecule has 0 saturated carbocycles. The van der Waals surface area contributed by atoms with Crippen LogP contribution >= 0.6 is 0 Å². The van der Waals surface area contributed by atoms with Gasteiger partial charge in [-0.05, 0) is 70.2 Å².